The monoisotopic (exact) mass is 344 g/mol. The maximum absolute atomic E-state index is 11.6. The van der Waals surface area contributed by atoms with Gasteiger partial charge in [0.1, 0.15) is 11.5 Å². The second kappa shape index (κ2) is 7.79. The highest BCUT2D eigenvalue weighted by Crippen LogP contribution is 2.39. The molecule has 2 aromatic rings. The topological polar surface area (TPSA) is 63.2 Å². The van der Waals surface area contributed by atoms with Crippen LogP contribution in [0.1, 0.15) is 18.1 Å². The fraction of sp³-hybridized carbons (Fsp3) is 0.316. The number of fused-ring (bicyclic) bond motifs is 1. The first-order valence-electron chi connectivity index (χ1n) is 8.03. The van der Waals surface area contributed by atoms with Crippen LogP contribution in [0.4, 0.5) is 0 Å². The molecule has 132 valence electrons. The summed E-state index contributed by atoms with van der Waals surface area (Å²) in [6, 6.07) is 11.4. The average molecular weight is 344 g/mol. The number of ether oxygens (including phenoxy) is 5. The van der Waals surface area contributed by atoms with Gasteiger partial charge in [-0.1, -0.05) is 12.1 Å². The van der Waals surface area contributed by atoms with Gasteiger partial charge in [0.2, 0.25) is 6.79 Å². The van der Waals surface area contributed by atoms with Gasteiger partial charge in [-0.05, 0) is 30.7 Å². The molecule has 0 fully saturated rings. The van der Waals surface area contributed by atoms with Gasteiger partial charge in [0.25, 0.3) is 0 Å². The summed E-state index contributed by atoms with van der Waals surface area (Å²) in [5, 5.41) is 0. The van der Waals surface area contributed by atoms with Crippen LogP contribution >= 0.6 is 0 Å². The number of carbonyl (C=O) groups excluding carboxylic acids is 1. The van der Waals surface area contributed by atoms with Gasteiger partial charge in [-0.25, -0.2) is 4.79 Å². The molecule has 0 spiro atoms. The minimum atomic E-state index is -0.407. The Morgan fingerprint density at radius 3 is 2.52 bits per heavy atom. The summed E-state index contributed by atoms with van der Waals surface area (Å²) < 4.78 is 26.6. The van der Waals surface area contributed by atoms with Crippen molar-refractivity contribution in [2.45, 2.75) is 13.3 Å². The van der Waals surface area contributed by atoms with E-state index in [1.807, 2.05) is 30.3 Å². The zero-order chi connectivity index (χ0) is 17.6. The third-order valence-corrected chi connectivity index (χ3v) is 3.76. The maximum atomic E-state index is 11.6. The van der Waals surface area contributed by atoms with E-state index < -0.39 is 5.97 Å². The predicted octanol–water partition coefficient (Wildman–Crippen LogP) is 2.96. The fourth-order valence-electron chi connectivity index (χ4n) is 2.54. The summed E-state index contributed by atoms with van der Waals surface area (Å²) in [6.07, 6.45) is 0.624. The average Bonchev–Trinajstić information content (AvgIpc) is 3.08. The van der Waals surface area contributed by atoms with Gasteiger partial charge in [-0.3, -0.25) is 0 Å². The normalized spacial score (nSPS) is 11.9. The highest BCUT2D eigenvalue weighted by atomic mass is 16.7. The van der Waals surface area contributed by atoms with E-state index >= 15 is 0 Å². The summed E-state index contributed by atoms with van der Waals surface area (Å²) in [4.78, 5) is 11.6. The molecular weight excluding hydrogens is 324 g/mol. The number of benzene rings is 2. The number of hydrogen-bond donors (Lipinski definition) is 0. The van der Waals surface area contributed by atoms with Crippen LogP contribution in [-0.2, 0) is 16.0 Å². The zero-order valence-corrected chi connectivity index (χ0v) is 14.2. The second-order valence-electron chi connectivity index (χ2n) is 5.43. The van der Waals surface area contributed by atoms with E-state index in [-0.39, 0.29) is 13.4 Å². The molecule has 0 saturated heterocycles. The molecule has 0 saturated carbocycles. The van der Waals surface area contributed by atoms with E-state index in [0.717, 1.165) is 16.9 Å². The fourth-order valence-corrected chi connectivity index (χ4v) is 2.54. The highest BCUT2D eigenvalue weighted by molar-refractivity contribution is 5.71. The number of rotatable bonds is 7. The van der Waals surface area contributed by atoms with Crippen molar-refractivity contribution in [2.24, 2.45) is 0 Å². The lowest BCUT2D eigenvalue weighted by Gasteiger charge is -2.13. The largest absolute Gasteiger partial charge is 0.497 e. The zero-order valence-electron chi connectivity index (χ0n) is 14.2. The summed E-state index contributed by atoms with van der Waals surface area (Å²) in [7, 11) is 1.63. The number of methoxy groups -OCH3 is 1. The van der Waals surface area contributed by atoms with Gasteiger partial charge in [0, 0.05) is 18.1 Å². The van der Waals surface area contributed by atoms with Gasteiger partial charge in [0.05, 0.1) is 13.7 Å². The van der Waals surface area contributed by atoms with Crippen molar-refractivity contribution in [3.8, 4) is 23.0 Å². The molecule has 0 unspecified atom stereocenters. The quantitative estimate of drug-likeness (QED) is 0.720. The van der Waals surface area contributed by atoms with Crippen molar-refractivity contribution in [1.29, 1.82) is 0 Å². The van der Waals surface area contributed by atoms with Crippen LogP contribution in [0, 0.1) is 0 Å². The Morgan fingerprint density at radius 1 is 1.12 bits per heavy atom. The van der Waals surface area contributed by atoms with Gasteiger partial charge in [-0.2, -0.15) is 0 Å². The van der Waals surface area contributed by atoms with Crippen LogP contribution in [0.5, 0.6) is 23.0 Å². The molecular formula is C19H20O6. The highest BCUT2D eigenvalue weighted by Gasteiger charge is 2.19. The molecule has 3 rings (SSSR count). The molecule has 0 aromatic heterocycles. The molecule has 0 aliphatic carbocycles. The van der Waals surface area contributed by atoms with Gasteiger partial charge < -0.3 is 23.7 Å². The third-order valence-electron chi connectivity index (χ3n) is 3.76. The molecule has 2 aromatic carbocycles. The lowest BCUT2D eigenvalue weighted by Crippen LogP contribution is -2.15. The van der Waals surface area contributed by atoms with E-state index in [0.29, 0.717) is 30.3 Å². The number of esters is 1. The first-order valence-corrected chi connectivity index (χ1v) is 8.03. The Labute approximate surface area is 146 Å². The van der Waals surface area contributed by atoms with Crippen LogP contribution in [0.25, 0.3) is 0 Å². The van der Waals surface area contributed by atoms with Crippen LogP contribution in [0.2, 0.25) is 0 Å². The second-order valence-corrected chi connectivity index (χ2v) is 5.43. The van der Waals surface area contributed by atoms with Crippen molar-refractivity contribution in [2.75, 3.05) is 27.1 Å². The Bertz CT molecular complexity index is 738. The van der Waals surface area contributed by atoms with E-state index in [2.05, 4.69) is 0 Å². The SMILES string of the molecule is CCOC(=O)COc1cc2c(cc1Cc1ccc(OC)cc1)OCO2. The lowest BCUT2D eigenvalue weighted by atomic mass is 10.0. The molecule has 0 N–H and O–H groups in total. The van der Waals surface area contributed by atoms with E-state index in [9.17, 15) is 4.79 Å². The van der Waals surface area contributed by atoms with Crippen LogP contribution < -0.4 is 18.9 Å². The molecule has 6 nitrogen and oxygen atoms in total. The number of hydrogen-bond acceptors (Lipinski definition) is 6. The molecule has 0 atom stereocenters. The first-order chi connectivity index (χ1) is 12.2. The molecule has 1 aliphatic rings. The van der Waals surface area contributed by atoms with Crippen LogP contribution in [0.3, 0.4) is 0 Å². The number of carbonyl (C=O) groups is 1. The standard InChI is InChI=1S/C19H20O6/c1-3-22-19(20)11-23-16-10-18-17(24-12-25-18)9-14(16)8-13-4-6-15(21-2)7-5-13/h4-7,9-10H,3,8,11-12H2,1-2H3. The Balaban J connectivity index is 1.81. The molecule has 1 heterocycles. The minimum Gasteiger partial charge on any atom is -0.497 e. The van der Waals surface area contributed by atoms with Crippen molar-refractivity contribution < 1.29 is 28.5 Å². The van der Waals surface area contributed by atoms with Gasteiger partial charge in [0.15, 0.2) is 18.1 Å². The van der Waals surface area contributed by atoms with Crippen molar-refractivity contribution in [3.63, 3.8) is 0 Å². The maximum Gasteiger partial charge on any atom is 0.344 e. The van der Waals surface area contributed by atoms with Gasteiger partial charge >= 0.3 is 5.97 Å². The summed E-state index contributed by atoms with van der Waals surface area (Å²) >= 11 is 0. The Morgan fingerprint density at radius 2 is 1.84 bits per heavy atom. The molecule has 0 amide bonds. The molecule has 0 bridgehead atoms. The summed E-state index contributed by atoms with van der Waals surface area (Å²) in [5.41, 5.74) is 1.99. The van der Waals surface area contributed by atoms with Crippen LogP contribution in [-0.4, -0.2) is 33.1 Å². The Kier molecular flexibility index (Phi) is 5.28. The predicted molar refractivity (Wildman–Crippen MR) is 90.5 cm³/mol. The lowest BCUT2D eigenvalue weighted by molar-refractivity contribution is -0.145. The summed E-state index contributed by atoms with van der Waals surface area (Å²) in [5.74, 6) is 2.25. The molecule has 25 heavy (non-hydrogen) atoms. The van der Waals surface area contributed by atoms with Crippen LogP contribution in [0.15, 0.2) is 36.4 Å². The molecule has 0 radical (unpaired) electrons. The van der Waals surface area contributed by atoms with Gasteiger partial charge in [-0.15, -0.1) is 0 Å². The smallest absolute Gasteiger partial charge is 0.344 e. The van der Waals surface area contributed by atoms with Crippen molar-refractivity contribution in [3.05, 3.63) is 47.5 Å². The minimum absolute atomic E-state index is 0.150. The van der Waals surface area contributed by atoms with Crippen molar-refractivity contribution in [1.82, 2.24) is 0 Å². The molecule has 1 aliphatic heterocycles. The van der Waals surface area contributed by atoms with Crippen molar-refractivity contribution >= 4 is 5.97 Å². The molecule has 6 heteroatoms. The third kappa shape index (κ3) is 4.15. The first kappa shape index (κ1) is 17.0. The summed E-state index contributed by atoms with van der Waals surface area (Å²) in [6.45, 7) is 2.11. The van der Waals surface area contributed by atoms with E-state index in [1.165, 1.54) is 0 Å². The van der Waals surface area contributed by atoms with E-state index in [4.69, 9.17) is 23.7 Å². The Hall–Kier alpha value is -2.89. The van der Waals surface area contributed by atoms with E-state index in [1.54, 1.807) is 20.1 Å².